The van der Waals surface area contributed by atoms with Gasteiger partial charge in [-0.15, -0.1) is 0 Å². The summed E-state index contributed by atoms with van der Waals surface area (Å²) in [7, 11) is 1.53. The molecule has 5 rings (SSSR count). The molecule has 32 heavy (non-hydrogen) atoms. The van der Waals surface area contributed by atoms with Gasteiger partial charge < -0.3 is 24.7 Å². The minimum atomic E-state index is -0.210. The van der Waals surface area contributed by atoms with E-state index in [9.17, 15) is 4.79 Å². The standard InChI is InChI=1S/C23H22N6O3/c1-31-23-24-7-6-18(27-23)20-12-16-14-25-21(13-19(16)26-20)28-22(30)15-2-4-17(5-3-15)29-8-10-32-11-9-29/h2-7,12-14,26H,8-11H2,1H3,(H,25,28,30). The van der Waals surface area contributed by atoms with E-state index >= 15 is 0 Å². The molecule has 9 nitrogen and oxygen atoms in total. The Balaban J connectivity index is 1.32. The summed E-state index contributed by atoms with van der Waals surface area (Å²) in [5, 5.41) is 3.78. The molecule has 4 heterocycles. The third kappa shape index (κ3) is 4.10. The highest BCUT2D eigenvalue weighted by atomic mass is 16.5. The molecule has 2 N–H and O–H groups in total. The second-order valence-corrected chi connectivity index (χ2v) is 7.37. The summed E-state index contributed by atoms with van der Waals surface area (Å²) < 4.78 is 10.5. The number of benzene rings is 1. The molecule has 0 atom stereocenters. The SMILES string of the molecule is COc1nccc(-c2cc3cnc(NC(=O)c4ccc(N5CCOCC5)cc4)cc3[nH]2)n1. The van der Waals surface area contributed by atoms with Crippen LogP contribution in [-0.2, 0) is 4.74 Å². The van der Waals surface area contributed by atoms with Crippen molar-refractivity contribution in [2.24, 2.45) is 0 Å². The molecule has 0 aliphatic carbocycles. The molecule has 9 heteroatoms. The summed E-state index contributed by atoms with van der Waals surface area (Å²) in [5.74, 6) is 0.256. The number of methoxy groups -OCH3 is 1. The number of anilines is 2. The van der Waals surface area contributed by atoms with E-state index in [1.165, 1.54) is 7.11 Å². The molecule has 1 saturated heterocycles. The first-order valence-electron chi connectivity index (χ1n) is 10.3. The van der Waals surface area contributed by atoms with Crippen LogP contribution < -0.4 is 15.0 Å². The summed E-state index contributed by atoms with van der Waals surface area (Å²) in [4.78, 5) is 31.0. The number of carbonyl (C=O) groups is 1. The Morgan fingerprint density at radius 2 is 1.94 bits per heavy atom. The first kappa shape index (κ1) is 20.0. The largest absolute Gasteiger partial charge is 0.467 e. The van der Waals surface area contributed by atoms with Gasteiger partial charge in [-0.05, 0) is 36.4 Å². The highest BCUT2D eigenvalue weighted by Gasteiger charge is 2.13. The Morgan fingerprint density at radius 1 is 1.12 bits per heavy atom. The maximum absolute atomic E-state index is 12.7. The molecule has 0 bridgehead atoms. The van der Waals surface area contributed by atoms with Gasteiger partial charge in [-0.2, -0.15) is 4.98 Å². The summed E-state index contributed by atoms with van der Waals surface area (Å²) in [6, 6.07) is 13.4. The van der Waals surface area contributed by atoms with Gasteiger partial charge in [-0.3, -0.25) is 4.79 Å². The van der Waals surface area contributed by atoms with Crippen LogP contribution in [0.15, 0.2) is 54.9 Å². The van der Waals surface area contributed by atoms with Crippen molar-refractivity contribution in [3.05, 3.63) is 60.4 Å². The van der Waals surface area contributed by atoms with Crippen LogP contribution in [-0.4, -0.2) is 59.3 Å². The normalized spacial score (nSPS) is 13.8. The van der Waals surface area contributed by atoms with Crippen LogP contribution >= 0.6 is 0 Å². The fourth-order valence-electron chi connectivity index (χ4n) is 3.66. The van der Waals surface area contributed by atoms with Gasteiger partial charge in [0.05, 0.1) is 37.2 Å². The van der Waals surface area contributed by atoms with E-state index < -0.39 is 0 Å². The van der Waals surface area contributed by atoms with Gasteiger partial charge in [0.15, 0.2) is 0 Å². The predicted molar refractivity (Wildman–Crippen MR) is 121 cm³/mol. The number of aromatic nitrogens is 4. The van der Waals surface area contributed by atoms with Gasteiger partial charge >= 0.3 is 6.01 Å². The second-order valence-electron chi connectivity index (χ2n) is 7.37. The number of aromatic amines is 1. The van der Waals surface area contributed by atoms with Crippen LogP contribution in [0, 0.1) is 0 Å². The van der Waals surface area contributed by atoms with Crippen LogP contribution in [0.1, 0.15) is 10.4 Å². The van der Waals surface area contributed by atoms with Crippen LogP contribution in [0.2, 0.25) is 0 Å². The quantitative estimate of drug-likeness (QED) is 0.501. The molecule has 1 fully saturated rings. The van der Waals surface area contributed by atoms with E-state index in [1.807, 2.05) is 30.3 Å². The maximum atomic E-state index is 12.7. The third-order valence-corrected chi connectivity index (χ3v) is 5.34. The lowest BCUT2D eigenvalue weighted by Crippen LogP contribution is -2.36. The summed E-state index contributed by atoms with van der Waals surface area (Å²) >= 11 is 0. The number of pyridine rings is 1. The van der Waals surface area contributed by atoms with E-state index in [-0.39, 0.29) is 5.91 Å². The molecule has 0 unspecified atom stereocenters. The number of fused-ring (bicyclic) bond motifs is 1. The lowest BCUT2D eigenvalue weighted by atomic mass is 10.1. The second kappa shape index (κ2) is 8.64. The van der Waals surface area contributed by atoms with Crippen molar-refractivity contribution >= 4 is 28.3 Å². The van der Waals surface area contributed by atoms with Gasteiger partial charge in [0.1, 0.15) is 5.82 Å². The fourth-order valence-corrected chi connectivity index (χ4v) is 3.66. The highest BCUT2D eigenvalue weighted by Crippen LogP contribution is 2.25. The number of hydrogen-bond donors (Lipinski definition) is 2. The average Bonchev–Trinajstić information content (AvgIpc) is 3.28. The molecule has 3 aromatic heterocycles. The molecule has 1 aromatic carbocycles. The van der Waals surface area contributed by atoms with Gasteiger partial charge in [-0.25, -0.2) is 9.97 Å². The minimum Gasteiger partial charge on any atom is -0.467 e. The molecular weight excluding hydrogens is 408 g/mol. The number of nitrogens with zero attached hydrogens (tertiary/aromatic N) is 4. The predicted octanol–water partition coefficient (Wildman–Crippen LogP) is 3.12. The molecule has 1 aliphatic heterocycles. The van der Waals surface area contributed by atoms with E-state index in [2.05, 4.69) is 30.2 Å². The lowest BCUT2D eigenvalue weighted by Gasteiger charge is -2.28. The summed E-state index contributed by atoms with van der Waals surface area (Å²) in [6.45, 7) is 3.16. The van der Waals surface area contributed by atoms with Crippen molar-refractivity contribution in [3.63, 3.8) is 0 Å². The monoisotopic (exact) mass is 430 g/mol. The topological polar surface area (TPSA) is 105 Å². The van der Waals surface area contributed by atoms with Crippen LogP contribution in [0.3, 0.4) is 0 Å². The Labute approximate surface area is 184 Å². The zero-order valence-electron chi connectivity index (χ0n) is 17.5. The zero-order valence-corrected chi connectivity index (χ0v) is 17.5. The average molecular weight is 430 g/mol. The highest BCUT2D eigenvalue weighted by molar-refractivity contribution is 6.04. The number of hydrogen-bond acceptors (Lipinski definition) is 7. The van der Waals surface area contributed by atoms with E-state index in [4.69, 9.17) is 9.47 Å². The Hall–Kier alpha value is -3.98. The molecule has 1 amide bonds. The van der Waals surface area contributed by atoms with Crippen LogP contribution in [0.25, 0.3) is 22.3 Å². The van der Waals surface area contributed by atoms with Crippen molar-refractivity contribution in [1.29, 1.82) is 0 Å². The van der Waals surface area contributed by atoms with Crippen molar-refractivity contribution in [1.82, 2.24) is 19.9 Å². The van der Waals surface area contributed by atoms with E-state index in [0.717, 1.165) is 48.6 Å². The number of morpholine rings is 1. The molecule has 0 saturated carbocycles. The van der Waals surface area contributed by atoms with Gasteiger partial charge in [-0.1, -0.05) is 0 Å². The van der Waals surface area contributed by atoms with Gasteiger partial charge in [0, 0.05) is 48.2 Å². The fraction of sp³-hybridized carbons (Fsp3) is 0.217. The number of ether oxygens (including phenoxy) is 2. The van der Waals surface area contributed by atoms with Gasteiger partial charge in [0.25, 0.3) is 5.91 Å². The zero-order chi connectivity index (χ0) is 21.9. The third-order valence-electron chi connectivity index (χ3n) is 5.34. The molecule has 162 valence electrons. The number of nitrogens with one attached hydrogen (secondary N) is 2. The molecule has 0 spiro atoms. The summed E-state index contributed by atoms with van der Waals surface area (Å²) in [6.07, 6.45) is 3.35. The molecule has 0 radical (unpaired) electrons. The van der Waals surface area contributed by atoms with Crippen molar-refractivity contribution in [3.8, 4) is 17.4 Å². The number of amides is 1. The summed E-state index contributed by atoms with van der Waals surface area (Å²) in [5.41, 5.74) is 4.02. The van der Waals surface area contributed by atoms with Crippen LogP contribution in [0.5, 0.6) is 6.01 Å². The van der Waals surface area contributed by atoms with Crippen molar-refractivity contribution in [2.45, 2.75) is 0 Å². The van der Waals surface area contributed by atoms with E-state index in [0.29, 0.717) is 23.1 Å². The molecular formula is C23H22N6O3. The molecule has 4 aromatic rings. The van der Waals surface area contributed by atoms with Crippen molar-refractivity contribution < 1.29 is 14.3 Å². The minimum absolute atomic E-state index is 0.210. The smallest absolute Gasteiger partial charge is 0.316 e. The lowest BCUT2D eigenvalue weighted by molar-refractivity contribution is 0.102. The first-order valence-corrected chi connectivity index (χ1v) is 10.3. The Morgan fingerprint density at radius 3 is 2.72 bits per heavy atom. The van der Waals surface area contributed by atoms with E-state index in [1.54, 1.807) is 24.5 Å². The molecule has 1 aliphatic rings. The van der Waals surface area contributed by atoms with Gasteiger partial charge in [0.2, 0.25) is 0 Å². The Bertz CT molecular complexity index is 1250. The van der Waals surface area contributed by atoms with Crippen molar-refractivity contribution in [2.75, 3.05) is 43.6 Å². The number of H-pyrrole nitrogens is 1. The number of carbonyl (C=O) groups excluding carboxylic acids is 1. The first-order chi connectivity index (χ1) is 15.7. The Kier molecular flexibility index (Phi) is 5.39. The number of rotatable bonds is 5. The maximum Gasteiger partial charge on any atom is 0.316 e. The van der Waals surface area contributed by atoms with Crippen LogP contribution in [0.4, 0.5) is 11.5 Å².